The van der Waals surface area contributed by atoms with Gasteiger partial charge >= 0.3 is 0 Å². The molecular weight excluding hydrogens is 254 g/mol. The highest BCUT2D eigenvalue weighted by molar-refractivity contribution is 5.77. The van der Waals surface area contributed by atoms with E-state index in [4.69, 9.17) is 10.5 Å². The van der Waals surface area contributed by atoms with E-state index < -0.39 is 0 Å². The van der Waals surface area contributed by atoms with Crippen molar-refractivity contribution in [3.8, 4) is 5.75 Å². The number of piperidine rings is 1. The number of anilines is 2. The van der Waals surface area contributed by atoms with Gasteiger partial charge in [0.1, 0.15) is 5.75 Å². The van der Waals surface area contributed by atoms with Crippen LogP contribution < -0.4 is 15.8 Å². The molecule has 5 nitrogen and oxygen atoms in total. The van der Waals surface area contributed by atoms with Gasteiger partial charge in [-0.2, -0.15) is 0 Å². The molecule has 1 aliphatic rings. The molecule has 1 atom stereocenters. The Balaban J connectivity index is 2.05. The summed E-state index contributed by atoms with van der Waals surface area (Å²) < 4.78 is 5.68. The zero-order chi connectivity index (χ0) is 14.7. The predicted octanol–water partition coefficient (Wildman–Crippen LogP) is 2.09. The largest absolute Gasteiger partial charge is 0.491 e. The fraction of sp³-hybridized carbons (Fsp3) is 0.533. The van der Waals surface area contributed by atoms with Crippen LogP contribution in [-0.2, 0) is 4.79 Å². The van der Waals surface area contributed by atoms with E-state index in [0.717, 1.165) is 17.9 Å². The molecule has 1 unspecified atom stereocenters. The lowest BCUT2D eigenvalue weighted by Gasteiger charge is -2.31. The van der Waals surface area contributed by atoms with E-state index in [2.05, 4.69) is 5.32 Å². The molecule has 1 aromatic carbocycles. The molecule has 0 spiro atoms. The molecule has 1 heterocycles. The van der Waals surface area contributed by atoms with Crippen molar-refractivity contribution in [2.45, 2.75) is 38.8 Å². The number of benzene rings is 1. The third-order valence-electron chi connectivity index (χ3n) is 3.30. The van der Waals surface area contributed by atoms with E-state index in [-0.39, 0.29) is 18.1 Å². The molecule has 5 heteroatoms. The maximum atomic E-state index is 11.5. The highest BCUT2D eigenvalue weighted by Gasteiger charge is 2.22. The van der Waals surface area contributed by atoms with Gasteiger partial charge in [0.05, 0.1) is 6.10 Å². The number of hydrogen-bond donors (Lipinski definition) is 2. The van der Waals surface area contributed by atoms with Gasteiger partial charge in [-0.3, -0.25) is 4.79 Å². The number of amides is 1. The standard InChI is InChI=1S/C15H23N3O2/c1-10(2)20-14-7-11(16)6-13(8-14)17-12-4-5-15(19)18(3)9-12/h6-8,10,12,17H,4-5,9,16H2,1-3H3. The first kappa shape index (κ1) is 14.5. The van der Waals surface area contributed by atoms with Crippen LogP contribution in [0.4, 0.5) is 11.4 Å². The lowest BCUT2D eigenvalue weighted by atomic mass is 10.1. The number of carbonyl (C=O) groups is 1. The number of nitrogens with one attached hydrogen (secondary N) is 1. The van der Waals surface area contributed by atoms with E-state index in [1.54, 1.807) is 4.90 Å². The molecule has 0 bridgehead atoms. The Morgan fingerprint density at radius 1 is 1.40 bits per heavy atom. The van der Waals surface area contributed by atoms with Crippen molar-refractivity contribution in [1.82, 2.24) is 4.90 Å². The van der Waals surface area contributed by atoms with Gasteiger partial charge in [-0.05, 0) is 26.3 Å². The smallest absolute Gasteiger partial charge is 0.222 e. The summed E-state index contributed by atoms with van der Waals surface area (Å²) in [6.45, 7) is 4.68. The Morgan fingerprint density at radius 2 is 2.15 bits per heavy atom. The Kier molecular flexibility index (Phi) is 4.37. The number of ether oxygens (including phenoxy) is 1. The minimum Gasteiger partial charge on any atom is -0.491 e. The van der Waals surface area contributed by atoms with Gasteiger partial charge in [0.15, 0.2) is 0 Å². The summed E-state index contributed by atoms with van der Waals surface area (Å²) in [6.07, 6.45) is 1.55. The van der Waals surface area contributed by atoms with Crippen LogP contribution in [0.25, 0.3) is 0 Å². The van der Waals surface area contributed by atoms with Crippen LogP contribution in [0, 0.1) is 0 Å². The van der Waals surface area contributed by atoms with Crippen LogP contribution in [-0.4, -0.2) is 36.5 Å². The van der Waals surface area contributed by atoms with Gasteiger partial charge in [0.2, 0.25) is 5.91 Å². The minimum absolute atomic E-state index is 0.114. The van der Waals surface area contributed by atoms with Crippen molar-refractivity contribution >= 4 is 17.3 Å². The van der Waals surface area contributed by atoms with Crippen LogP contribution in [0.2, 0.25) is 0 Å². The Morgan fingerprint density at radius 3 is 2.80 bits per heavy atom. The molecule has 0 aliphatic carbocycles. The highest BCUT2D eigenvalue weighted by Crippen LogP contribution is 2.25. The van der Waals surface area contributed by atoms with Crippen LogP contribution >= 0.6 is 0 Å². The number of likely N-dealkylation sites (N-methyl/N-ethyl adjacent to an activating group) is 1. The Labute approximate surface area is 120 Å². The normalized spacial score (nSPS) is 19.3. The molecule has 0 saturated carbocycles. The molecule has 110 valence electrons. The van der Waals surface area contributed by atoms with Crippen LogP contribution in [0.5, 0.6) is 5.75 Å². The van der Waals surface area contributed by atoms with E-state index >= 15 is 0 Å². The average Bonchev–Trinajstić information content (AvgIpc) is 2.32. The van der Waals surface area contributed by atoms with E-state index in [1.807, 2.05) is 39.1 Å². The molecule has 3 N–H and O–H groups in total. The first-order valence-corrected chi connectivity index (χ1v) is 7.02. The molecule has 1 aromatic rings. The molecule has 1 fully saturated rings. The predicted molar refractivity (Wildman–Crippen MR) is 80.9 cm³/mol. The highest BCUT2D eigenvalue weighted by atomic mass is 16.5. The summed E-state index contributed by atoms with van der Waals surface area (Å²) >= 11 is 0. The number of carbonyl (C=O) groups excluding carboxylic acids is 1. The molecule has 0 radical (unpaired) electrons. The second-order valence-electron chi connectivity index (χ2n) is 5.61. The fourth-order valence-corrected chi connectivity index (χ4v) is 2.41. The number of hydrogen-bond acceptors (Lipinski definition) is 4. The maximum Gasteiger partial charge on any atom is 0.222 e. The van der Waals surface area contributed by atoms with Crippen molar-refractivity contribution in [1.29, 1.82) is 0 Å². The van der Waals surface area contributed by atoms with Crippen molar-refractivity contribution < 1.29 is 9.53 Å². The Hall–Kier alpha value is -1.91. The quantitative estimate of drug-likeness (QED) is 0.827. The van der Waals surface area contributed by atoms with Gasteiger partial charge in [0, 0.05) is 49.6 Å². The number of nitrogens with two attached hydrogens (primary N) is 1. The molecule has 0 aromatic heterocycles. The molecule has 1 aliphatic heterocycles. The van der Waals surface area contributed by atoms with Crippen molar-refractivity contribution in [2.24, 2.45) is 0 Å². The zero-order valence-corrected chi connectivity index (χ0v) is 12.3. The SMILES string of the molecule is CC(C)Oc1cc(N)cc(NC2CCC(=O)N(C)C2)c1. The van der Waals surface area contributed by atoms with Gasteiger partial charge in [-0.1, -0.05) is 0 Å². The van der Waals surface area contributed by atoms with Crippen molar-refractivity contribution in [3.63, 3.8) is 0 Å². The molecular formula is C15H23N3O2. The number of nitrogens with zero attached hydrogens (tertiary/aromatic N) is 1. The third-order valence-corrected chi connectivity index (χ3v) is 3.30. The number of likely N-dealkylation sites (tertiary alicyclic amines) is 1. The van der Waals surface area contributed by atoms with Crippen molar-refractivity contribution in [3.05, 3.63) is 18.2 Å². The minimum atomic E-state index is 0.114. The molecule has 1 amide bonds. The van der Waals surface area contributed by atoms with Gasteiger partial charge in [0.25, 0.3) is 0 Å². The third kappa shape index (κ3) is 3.79. The summed E-state index contributed by atoms with van der Waals surface area (Å²) in [6, 6.07) is 5.92. The summed E-state index contributed by atoms with van der Waals surface area (Å²) in [5, 5.41) is 3.43. The second kappa shape index (κ2) is 6.03. The number of nitrogen functional groups attached to an aromatic ring is 1. The second-order valence-corrected chi connectivity index (χ2v) is 5.61. The lowest BCUT2D eigenvalue weighted by Crippen LogP contribution is -2.43. The number of rotatable bonds is 4. The first-order valence-electron chi connectivity index (χ1n) is 7.02. The summed E-state index contributed by atoms with van der Waals surface area (Å²) in [7, 11) is 1.84. The average molecular weight is 277 g/mol. The summed E-state index contributed by atoms with van der Waals surface area (Å²) in [5.41, 5.74) is 7.52. The molecule has 1 saturated heterocycles. The topological polar surface area (TPSA) is 67.6 Å². The van der Waals surface area contributed by atoms with E-state index in [1.165, 1.54) is 0 Å². The Bertz CT molecular complexity index is 488. The van der Waals surface area contributed by atoms with Gasteiger partial charge in [-0.15, -0.1) is 0 Å². The van der Waals surface area contributed by atoms with E-state index in [0.29, 0.717) is 18.7 Å². The summed E-state index contributed by atoms with van der Waals surface area (Å²) in [4.78, 5) is 13.2. The van der Waals surface area contributed by atoms with Crippen molar-refractivity contribution in [2.75, 3.05) is 24.6 Å². The monoisotopic (exact) mass is 277 g/mol. The zero-order valence-electron chi connectivity index (χ0n) is 12.3. The van der Waals surface area contributed by atoms with E-state index in [9.17, 15) is 4.79 Å². The molecule has 20 heavy (non-hydrogen) atoms. The fourth-order valence-electron chi connectivity index (χ4n) is 2.41. The lowest BCUT2D eigenvalue weighted by molar-refractivity contribution is -0.132. The van der Waals surface area contributed by atoms with Gasteiger partial charge in [-0.25, -0.2) is 0 Å². The van der Waals surface area contributed by atoms with Gasteiger partial charge < -0.3 is 20.7 Å². The summed E-state index contributed by atoms with van der Waals surface area (Å²) in [5.74, 6) is 0.974. The maximum absolute atomic E-state index is 11.5. The molecule has 2 rings (SSSR count). The van der Waals surface area contributed by atoms with Crippen LogP contribution in [0.3, 0.4) is 0 Å². The first-order chi connectivity index (χ1) is 9.44. The van der Waals surface area contributed by atoms with Crippen LogP contribution in [0.1, 0.15) is 26.7 Å². The van der Waals surface area contributed by atoms with Crippen LogP contribution in [0.15, 0.2) is 18.2 Å².